The van der Waals surface area contributed by atoms with Crippen molar-refractivity contribution >= 4 is 33.0 Å². The van der Waals surface area contributed by atoms with Gasteiger partial charge in [-0.1, -0.05) is 0 Å². The van der Waals surface area contributed by atoms with Gasteiger partial charge >= 0.3 is 0 Å². The van der Waals surface area contributed by atoms with Crippen LogP contribution in [0.2, 0.25) is 0 Å². The second-order valence-corrected chi connectivity index (χ2v) is 6.31. The fourth-order valence-corrected chi connectivity index (χ4v) is 3.01. The maximum absolute atomic E-state index is 13.2. The second kappa shape index (κ2) is 5.51. The molecule has 1 unspecified atom stereocenters. The van der Waals surface area contributed by atoms with E-state index in [-0.39, 0.29) is 11.6 Å². The zero-order valence-corrected chi connectivity index (χ0v) is 12.0. The van der Waals surface area contributed by atoms with Gasteiger partial charge in [-0.15, -0.1) is 11.3 Å². The monoisotopic (exact) mass is 324 g/mol. The van der Waals surface area contributed by atoms with E-state index in [2.05, 4.69) is 21.2 Å². The summed E-state index contributed by atoms with van der Waals surface area (Å²) >= 11 is 5.06. The highest BCUT2D eigenvalue weighted by Crippen LogP contribution is 2.29. The lowest BCUT2D eigenvalue weighted by molar-refractivity contribution is 0.624. The topological polar surface area (TPSA) is 35.8 Å². The van der Waals surface area contributed by atoms with E-state index in [9.17, 15) is 4.39 Å². The Kier molecular flexibility index (Phi) is 4.00. The first-order valence-electron chi connectivity index (χ1n) is 5.31. The van der Waals surface area contributed by atoms with Crippen LogP contribution < -0.4 is 5.32 Å². The van der Waals surface area contributed by atoms with E-state index < -0.39 is 5.82 Å². The van der Waals surface area contributed by atoms with Crippen molar-refractivity contribution < 1.29 is 4.39 Å². The lowest BCUT2D eigenvalue weighted by Gasteiger charge is -2.13. The van der Waals surface area contributed by atoms with Gasteiger partial charge in [-0.25, -0.2) is 4.39 Å². The van der Waals surface area contributed by atoms with Gasteiger partial charge in [0.05, 0.1) is 15.4 Å². The van der Waals surface area contributed by atoms with Crippen molar-refractivity contribution in [3.8, 4) is 6.07 Å². The predicted octanol–water partition coefficient (Wildman–Crippen LogP) is 4.69. The number of hydrogen-bond acceptors (Lipinski definition) is 3. The van der Waals surface area contributed by atoms with Gasteiger partial charge < -0.3 is 5.32 Å². The van der Waals surface area contributed by atoms with Gasteiger partial charge in [0.25, 0.3) is 0 Å². The normalized spacial score (nSPS) is 11.9. The van der Waals surface area contributed by atoms with Crippen molar-refractivity contribution in [3.05, 3.63) is 50.4 Å². The molecule has 0 fully saturated rings. The van der Waals surface area contributed by atoms with Crippen molar-refractivity contribution in [3.63, 3.8) is 0 Å². The van der Waals surface area contributed by atoms with E-state index in [0.29, 0.717) is 0 Å². The number of thiophene rings is 1. The number of nitriles is 1. The first-order valence-corrected chi connectivity index (χ1v) is 6.92. The van der Waals surface area contributed by atoms with Crippen molar-refractivity contribution in [2.45, 2.75) is 13.0 Å². The summed E-state index contributed by atoms with van der Waals surface area (Å²) in [6, 6.07) is 10.4. The van der Waals surface area contributed by atoms with Crippen LogP contribution in [0.3, 0.4) is 0 Å². The molecular formula is C13H10BrFN2S. The smallest absolute Gasteiger partial charge is 0.141 e. The highest BCUT2D eigenvalue weighted by molar-refractivity contribution is 9.11. The van der Waals surface area contributed by atoms with Crippen molar-refractivity contribution in [1.29, 1.82) is 5.26 Å². The lowest BCUT2D eigenvalue weighted by atomic mass is 10.2. The SMILES string of the molecule is CC(Nc1ccc(F)c(C#N)c1)c1ccc(Br)s1. The molecule has 0 saturated carbocycles. The molecule has 0 aliphatic carbocycles. The quantitative estimate of drug-likeness (QED) is 0.888. The Morgan fingerprint density at radius 1 is 1.39 bits per heavy atom. The number of anilines is 1. The Morgan fingerprint density at radius 3 is 2.78 bits per heavy atom. The summed E-state index contributed by atoms with van der Waals surface area (Å²) in [6.45, 7) is 2.02. The molecular weight excluding hydrogens is 315 g/mol. The van der Waals surface area contributed by atoms with E-state index in [1.165, 1.54) is 17.0 Å². The summed E-state index contributed by atoms with van der Waals surface area (Å²) in [7, 11) is 0. The molecule has 1 N–H and O–H groups in total. The van der Waals surface area contributed by atoms with Crippen LogP contribution in [0.1, 0.15) is 23.4 Å². The Balaban J connectivity index is 2.17. The largest absolute Gasteiger partial charge is 0.378 e. The average Bonchev–Trinajstić information content (AvgIpc) is 2.78. The van der Waals surface area contributed by atoms with Crippen LogP contribution in [-0.4, -0.2) is 0 Å². The minimum absolute atomic E-state index is 0.0551. The van der Waals surface area contributed by atoms with Crippen LogP contribution in [0.4, 0.5) is 10.1 Å². The summed E-state index contributed by atoms with van der Waals surface area (Å²) in [5, 5.41) is 12.0. The fraction of sp³-hybridized carbons (Fsp3) is 0.154. The molecule has 1 heterocycles. The van der Waals surface area contributed by atoms with Gasteiger partial charge in [0.1, 0.15) is 11.9 Å². The highest BCUT2D eigenvalue weighted by Gasteiger charge is 2.09. The molecule has 0 amide bonds. The number of rotatable bonds is 3. The summed E-state index contributed by atoms with van der Waals surface area (Å²) < 4.78 is 14.3. The number of hydrogen-bond donors (Lipinski definition) is 1. The maximum atomic E-state index is 13.2. The molecule has 0 aliphatic heterocycles. The Bertz CT molecular complexity index is 603. The molecule has 2 nitrogen and oxygen atoms in total. The molecule has 0 spiro atoms. The molecule has 1 aromatic heterocycles. The van der Waals surface area contributed by atoms with Crippen molar-refractivity contribution in [2.75, 3.05) is 5.32 Å². The molecule has 0 saturated heterocycles. The maximum Gasteiger partial charge on any atom is 0.141 e. The van der Waals surface area contributed by atoms with E-state index in [1.807, 2.05) is 25.1 Å². The Labute approximate surface area is 117 Å². The minimum atomic E-state index is -0.491. The molecule has 18 heavy (non-hydrogen) atoms. The molecule has 2 rings (SSSR count). The van der Waals surface area contributed by atoms with Gasteiger partial charge in [-0.2, -0.15) is 5.26 Å². The third-order valence-corrected chi connectivity index (χ3v) is 4.30. The average molecular weight is 325 g/mol. The molecule has 1 aromatic carbocycles. The van der Waals surface area contributed by atoms with Gasteiger partial charge in [0, 0.05) is 10.6 Å². The fourth-order valence-electron chi connectivity index (χ4n) is 1.58. The molecule has 2 aromatic rings. The Hall–Kier alpha value is -1.38. The first kappa shape index (κ1) is 13.1. The predicted molar refractivity (Wildman–Crippen MR) is 75.2 cm³/mol. The van der Waals surface area contributed by atoms with Crippen LogP contribution in [0.15, 0.2) is 34.1 Å². The van der Waals surface area contributed by atoms with Crippen LogP contribution in [0.25, 0.3) is 0 Å². The Morgan fingerprint density at radius 2 is 2.17 bits per heavy atom. The van der Waals surface area contributed by atoms with Gasteiger partial charge in [0.15, 0.2) is 0 Å². The zero-order valence-electron chi connectivity index (χ0n) is 9.58. The summed E-state index contributed by atoms with van der Waals surface area (Å²) in [6.07, 6.45) is 0. The molecule has 0 aliphatic rings. The highest BCUT2D eigenvalue weighted by atomic mass is 79.9. The summed E-state index contributed by atoms with van der Waals surface area (Å²) in [5.41, 5.74) is 0.796. The van der Waals surface area contributed by atoms with Gasteiger partial charge in [0.2, 0.25) is 0 Å². The first-order chi connectivity index (χ1) is 8.60. The number of nitrogens with zero attached hydrogens (tertiary/aromatic N) is 1. The lowest BCUT2D eigenvalue weighted by Crippen LogP contribution is -2.05. The molecule has 5 heteroatoms. The van der Waals surface area contributed by atoms with Crippen LogP contribution in [-0.2, 0) is 0 Å². The van der Waals surface area contributed by atoms with Crippen LogP contribution >= 0.6 is 27.3 Å². The van der Waals surface area contributed by atoms with Gasteiger partial charge in [-0.05, 0) is 53.2 Å². The van der Waals surface area contributed by atoms with Crippen LogP contribution in [0.5, 0.6) is 0 Å². The third kappa shape index (κ3) is 2.89. The molecule has 0 bridgehead atoms. The number of nitrogens with one attached hydrogen (secondary N) is 1. The van der Waals surface area contributed by atoms with E-state index in [0.717, 1.165) is 9.47 Å². The van der Waals surface area contributed by atoms with E-state index >= 15 is 0 Å². The minimum Gasteiger partial charge on any atom is -0.378 e. The summed E-state index contributed by atoms with van der Waals surface area (Å²) in [5.74, 6) is -0.491. The number of benzene rings is 1. The number of halogens is 2. The van der Waals surface area contributed by atoms with E-state index in [4.69, 9.17) is 5.26 Å². The standard InChI is InChI=1S/C13H10BrFN2S/c1-8(12-4-5-13(14)18-12)17-10-2-3-11(15)9(6-10)7-16/h2-6,8,17H,1H3. The molecule has 92 valence electrons. The molecule has 0 radical (unpaired) electrons. The zero-order chi connectivity index (χ0) is 13.1. The summed E-state index contributed by atoms with van der Waals surface area (Å²) in [4.78, 5) is 1.17. The molecule has 1 atom stereocenters. The van der Waals surface area contributed by atoms with Crippen molar-refractivity contribution in [2.24, 2.45) is 0 Å². The van der Waals surface area contributed by atoms with Crippen molar-refractivity contribution in [1.82, 2.24) is 0 Å². The van der Waals surface area contributed by atoms with E-state index in [1.54, 1.807) is 17.4 Å². The second-order valence-electron chi connectivity index (χ2n) is 3.81. The third-order valence-electron chi connectivity index (χ3n) is 2.49. The van der Waals surface area contributed by atoms with Gasteiger partial charge in [-0.3, -0.25) is 0 Å². The van der Waals surface area contributed by atoms with Crippen LogP contribution in [0, 0.1) is 17.1 Å².